The Morgan fingerprint density at radius 2 is 1.84 bits per heavy atom. The van der Waals surface area contributed by atoms with E-state index in [1.807, 2.05) is 72.3 Å². The maximum atomic E-state index is 12.6. The topological polar surface area (TPSA) is 78.3 Å². The highest BCUT2D eigenvalue weighted by Gasteiger charge is 2.17. The molecule has 1 aliphatic heterocycles. The van der Waals surface area contributed by atoms with E-state index in [0.29, 0.717) is 29.9 Å². The number of benzene rings is 3. The number of anilines is 1. The number of thioether (sulfide) groups is 1. The van der Waals surface area contributed by atoms with Crippen molar-refractivity contribution in [2.24, 2.45) is 7.05 Å². The number of hydrogen-bond acceptors (Lipinski definition) is 6. The summed E-state index contributed by atoms with van der Waals surface area (Å²) in [5, 5.41) is 14.3. The van der Waals surface area contributed by atoms with Gasteiger partial charge in [0.05, 0.1) is 5.75 Å². The Kier molecular flexibility index (Phi) is 5.21. The highest BCUT2D eigenvalue weighted by atomic mass is 32.2. The van der Waals surface area contributed by atoms with E-state index in [-0.39, 0.29) is 11.7 Å². The van der Waals surface area contributed by atoms with Crippen molar-refractivity contribution in [1.29, 1.82) is 0 Å². The molecule has 3 aromatic carbocycles. The summed E-state index contributed by atoms with van der Waals surface area (Å²) in [6, 6.07) is 19.6. The number of rotatable bonds is 5. The molecule has 1 aromatic heterocycles. The molecule has 5 rings (SSSR count). The smallest absolute Gasteiger partial charge is 0.234 e. The number of ether oxygens (including phenoxy) is 2. The van der Waals surface area contributed by atoms with Gasteiger partial charge in [0.2, 0.25) is 5.91 Å². The Morgan fingerprint density at radius 3 is 2.74 bits per heavy atom. The zero-order valence-electron chi connectivity index (χ0n) is 16.9. The molecule has 0 spiro atoms. The van der Waals surface area contributed by atoms with Crippen LogP contribution >= 0.6 is 11.8 Å². The molecule has 0 unspecified atom stereocenters. The highest BCUT2D eigenvalue weighted by molar-refractivity contribution is 7.99. The quantitative estimate of drug-likeness (QED) is 0.478. The van der Waals surface area contributed by atoms with Crippen LogP contribution in [0.5, 0.6) is 11.5 Å². The van der Waals surface area contributed by atoms with Crippen molar-refractivity contribution >= 4 is 34.1 Å². The van der Waals surface area contributed by atoms with Crippen LogP contribution in [0.3, 0.4) is 0 Å². The summed E-state index contributed by atoms with van der Waals surface area (Å²) in [6.07, 6.45) is 0. The van der Waals surface area contributed by atoms with E-state index in [1.54, 1.807) is 0 Å². The molecule has 31 heavy (non-hydrogen) atoms. The molecule has 0 saturated heterocycles. The molecule has 0 atom stereocenters. The second-order valence-electron chi connectivity index (χ2n) is 7.09. The molecule has 1 amide bonds. The number of hydrogen-bond donors (Lipinski definition) is 1. The third-order valence-corrected chi connectivity index (χ3v) is 6.05. The van der Waals surface area contributed by atoms with Crippen molar-refractivity contribution < 1.29 is 14.3 Å². The molecule has 0 bridgehead atoms. The van der Waals surface area contributed by atoms with Gasteiger partial charge in [0.25, 0.3) is 0 Å². The van der Waals surface area contributed by atoms with Gasteiger partial charge in [-0.2, -0.15) is 0 Å². The Balaban J connectivity index is 1.28. The molecule has 2 heterocycles. The summed E-state index contributed by atoms with van der Waals surface area (Å²) in [7, 11) is 1.89. The van der Waals surface area contributed by atoms with Gasteiger partial charge in [0.1, 0.15) is 13.2 Å². The molecule has 1 N–H and O–H groups in total. The standard InChI is InChI=1S/C23H20N4O3S/c1-27-22(16-9-10-19-20(13-16)30-12-11-29-19)25-26-23(27)31-14-21(28)24-18-8-4-6-15-5-2-3-7-17(15)18/h2-10,13H,11-12,14H2,1H3,(H,24,28). The van der Waals surface area contributed by atoms with Gasteiger partial charge in [-0.05, 0) is 29.7 Å². The molecular formula is C23H20N4O3S. The van der Waals surface area contributed by atoms with Crippen molar-refractivity contribution in [2.45, 2.75) is 5.16 Å². The van der Waals surface area contributed by atoms with Crippen molar-refractivity contribution in [2.75, 3.05) is 24.3 Å². The molecule has 8 heteroatoms. The number of aromatic nitrogens is 3. The van der Waals surface area contributed by atoms with Gasteiger partial charge in [0, 0.05) is 23.7 Å². The van der Waals surface area contributed by atoms with E-state index < -0.39 is 0 Å². The number of carbonyl (C=O) groups is 1. The van der Waals surface area contributed by atoms with Gasteiger partial charge in [-0.25, -0.2) is 0 Å². The Morgan fingerprint density at radius 1 is 1.03 bits per heavy atom. The summed E-state index contributed by atoms with van der Waals surface area (Å²) in [5.74, 6) is 2.28. The molecule has 0 saturated carbocycles. The maximum Gasteiger partial charge on any atom is 0.234 e. The first kappa shape index (κ1) is 19.4. The fourth-order valence-corrected chi connectivity index (χ4v) is 4.24. The van der Waals surface area contributed by atoms with E-state index in [2.05, 4.69) is 15.5 Å². The number of fused-ring (bicyclic) bond motifs is 2. The van der Waals surface area contributed by atoms with E-state index in [0.717, 1.165) is 27.8 Å². The second kappa shape index (κ2) is 8.31. The minimum Gasteiger partial charge on any atom is -0.486 e. The summed E-state index contributed by atoms with van der Waals surface area (Å²) >= 11 is 1.35. The van der Waals surface area contributed by atoms with Crippen LogP contribution in [0, 0.1) is 0 Å². The molecule has 7 nitrogen and oxygen atoms in total. The minimum atomic E-state index is -0.0924. The van der Waals surface area contributed by atoms with Crippen LogP contribution < -0.4 is 14.8 Å². The fourth-order valence-electron chi connectivity index (χ4n) is 3.53. The van der Waals surface area contributed by atoms with Crippen LogP contribution in [0.2, 0.25) is 0 Å². The van der Waals surface area contributed by atoms with Crippen molar-refractivity contribution in [3.8, 4) is 22.9 Å². The highest BCUT2D eigenvalue weighted by Crippen LogP contribution is 2.34. The number of carbonyl (C=O) groups excluding carboxylic acids is 1. The Bertz CT molecular complexity index is 1270. The van der Waals surface area contributed by atoms with Crippen LogP contribution in [0.1, 0.15) is 0 Å². The fraction of sp³-hybridized carbons (Fsp3) is 0.174. The van der Waals surface area contributed by atoms with E-state index in [4.69, 9.17) is 9.47 Å². The van der Waals surface area contributed by atoms with Crippen molar-refractivity contribution in [3.05, 3.63) is 60.7 Å². The van der Waals surface area contributed by atoms with E-state index in [9.17, 15) is 4.79 Å². The lowest BCUT2D eigenvalue weighted by atomic mass is 10.1. The average molecular weight is 433 g/mol. The number of nitrogens with zero attached hydrogens (tertiary/aromatic N) is 3. The van der Waals surface area contributed by atoms with Crippen molar-refractivity contribution in [3.63, 3.8) is 0 Å². The monoisotopic (exact) mass is 432 g/mol. The lowest BCUT2D eigenvalue weighted by Gasteiger charge is -2.18. The Hall–Kier alpha value is -3.52. The van der Waals surface area contributed by atoms with Gasteiger partial charge < -0.3 is 19.4 Å². The van der Waals surface area contributed by atoms with Gasteiger partial charge in [-0.1, -0.05) is 48.2 Å². The molecule has 156 valence electrons. The van der Waals surface area contributed by atoms with Gasteiger partial charge in [-0.3, -0.25) is 4.79 Å². The van der Waals surface area contributed by atoms with Crippen LogP contribution in [0.25, 0.3) is 22.2 Å². The Labute approximate surface area is 183 Å². The zero-order valence-corrected chi connectivity index (χ0v) is 17.7. The molecule has 0 fully saturated rings. The summed E-state index contributed by atoms with van der Waals surface area (Å²) in [4.78, 5) is 12.6. The normalized spacial score (nSPS) is 12.7. The lowest BCUT2D eigenvalue weighted by Crippen LogP contribution is -2.15. The molecular weight excluding hydrogens is 412 g/mol. The lowest BCUT2D eigenvalue weighted by molar-refractivity contribution is -0.113. The zero-order chi connectivity index (χ0) is 21.2. The molecule has 0 radical (unpaired) electrons. The van der Waals surface area contributed by atoms with E-state index in [1.165, 1.54) is 11.8 Å². The number of nitrogens with one attached hydrogen (secondary N) is 1. The average Bonchev–Trinajstić information content (AvgIpc) is 3.18. The van der Waals surface area contributed by atoms with Crippen LogP contribution in [0.4, 0.5) is 5.69 Å². The third kappa shape index (κ3) is 3.94. The first-order valence-corrected chi connectivity index (χ1v) is 10.9. The summed E-state index contributed by atoms with van der Waals surface area (Å²) in [6.45, 7) is 1.08. The van der Waals surface area contributed by atoms with Gasteiger partial charge in [0.15, 0.2) is 22.5 Å². The third-order valence-electron chi connectivity index (χ3n) is 5.03. The van der Waals surface area contributed by atoms with Crippen molar-refractivity contribution in [1.82, 2.24) is 14.8 Å². The van der Waals surface area contributed by atoms with Crippen LogP contribution in [-0.4, -0.2) is 39.6 Å². The molecule has 4 aromatic rings. The maximum absolute atomic E-state index is 12.6. The number of amides is 1. The SMILES string of the molecule is Cn1c(SCC(=O)Nc2cccc3ccccc23)nnc1-c1ccc2c(c1)OCCO2. The van der Waals surface area contributed by atoms with Crippen LogP contribution in [-0.2, 0) is 11.8 Å². The molecule has 0 aliphatic carbocycles. The first-order valence-electron chi connectivity index (χ1n) is 9.89. The van der Waals surface area contributed by atoms with E-state index >= 15 is 0 Å². The second-order valence-corrected chi connectivity index (χ2v) is 8.03. The van der Waals surface area contributed by atoms with Crippen LogP contribution in [0.15, 0.2) is 65.8 Å². The molecule has 1 aliphatic rings. The summed E-state index contributed by atoms with van der Waals surface area (Å²) < 4.78 is 13.1. The summed E-state index contributed by atoms with van der Waals surface area (Å²) in [5.41, 5.74) is 1.69. The first-order chi connectivity index (χ1) is 15.2. The predicted octanol–water partition coefficient (Wildman–Crippen LogP) is 4.14. The largest absolute Gasteiger partial charge is 0.486 e. The predicted molar refractivity (Wildman–Crippen MR) is 121 cm³/mol. The van der Waals surface area contributed by atoms with Gasteiger partial charge in [-0.15, -0.1) is 10.2 Å². The van der Waals surface area contributed by atoms with Gasteiger partial charge >= 0.3 is 0 Å². The minimum absolute atomic E-state index is 0.0924.